The van der Waals surface area contributed by atoms with Gasteiger partial charge in [0.05, 0.1) is 10.6 Å². The van der Waals surface area contributed by atoms with Gasteiger partial charge in [-0.1, -0.05) is 36.4 Å². The second kappa shape index (κ2) is 8.85. The van der Waals surface area contributed by atoms with Gasteiger partial charge in [-0.05, 0) is 53.2 Å². The number of anilines is 1. The lowest BCUT2D eigenvalue weighted by Gasteiger charge is -2.35. The number of nitrogens with zero attached hydrogens (tertiary/aromatic N) is 4. The summed E-state index contributed by atoms with van der Waals surface area (Å²) in [6, 6.07) is 24.1. The van der Waals surface area contributed by atoms with Gasteiger partial charge in [0.15, 0.2) is 5.82 Å². The molecule has 0 aliphatic carbocycles. The van der Waals surface area contributed by atoms with Gasteiger partial charge >= 0.3 is 0 Å². The lowest BCUT2D eigenvalue weighted by atomic mass is 10.1. The monoisotopic (exact) mass is 473 g/mol. The fraction of sp³-hybridized carbons (Fsp3) is 0.160. The van der Waals surface area contributed by atoms with Gasteiger partial charge in [0.25, 0.3) is 5.91 Å². The van der Waals surface area contributed by atoms with Gasteiger partial charge in [0, 0.05) is 37.3 Å². The minimum Gasteiger partial charge on any atom is -0.352 e. The summed E-state index contributed by atoms with van der Waals surface area (Å²) in [6.07, 6.45) is 0. The average molecular weight is 474 g/mol. The number of carbonyl (C=O) groups is 1. The number of hydrogen-bond acceptors (Lipinski definition) is 6. The average Bonchev–Trinajstić information content (AvgIpc) is 2.88. The van der Waals surface area contributed by atoms with Gasteiger partial charge in [-0.2, -0.15) is 0 Å². The molecule has 0 spiro atoms. The van der Waals surface area contributed by atoms with Crippen molar-refractivity contribution < 1.29 is 13.2 Å². The lowest BCUT2D eigenvalue weighted by molar-refractivity contribution is 0.0746. The molecule has 0 saturated carbocycles. The van der Waals surface area contributed by atoms with Crippen molar-refractivity contribution in [3.63, 3.8) is 0 Å². The third-order valence-electron chi connectivity index (χ3n) is 6.02. The van der Waals surface area contributed by atoms with Crippen LogP contribution in [0.25, 0.3) is 22.0 Å². The van der Waals surface area contributed by atoms with Crippen LogP contribution >= 0.6 is 0 Å². The Hall–Kier alpha value is -3.82. The summed E-state index contributed by atoms with van der Waals surface area (Å²) in [6.45, 7) is 2.32. The molecule has 34 heavy (non-hydrogen) atoms. The topological polar surface area (TPSA) is 109 Å². The molecule has 1 saturated heterocycles. The number of primary sulfonamides is 1. The first-order valence-electron chi connectivity index (χ1n) is 10.9. The van der Waals surface area contributed by atoms with E-state index in [9.17, 15) is 13.2 Å². The van der Waals surface area contributed by atoms with Crippen LogP contribution in [-0.4, -0.2) is 55.6 Å². The summed E-state index contributed by atoms with van der Waals surface area (Å²) in [5, 5.41) is 16.3. The molecule has 1 aromatic heterocycles. The van der Waals surface area contributed by atoms with Gasteiger partial charge in [-0.25, -0.2) is 13.6 Å². The first-order chi connectivity index (χ1) is 16.4. The first-order valence-corrected chi connectivity index (χ1v) is 12.4. The van der Waals surface area contributed by atoms with Crippen molar-refractivity contribution in [3.8, 4) is 11.3 Å². The maximum Gasteiger partial charge on any atom is 0.253 e. The molecule has 5 rings (SSSR count). The number of nitrogens with two attached hydrogens (primary N) is 1. The molecular weight excluding hydrogens is 450 g/mol. The van der Waals surface area contributed by atoms with E-state index in [-0.39, 0.29) is 10.8 Å². The van der Waals surface area contributed by atoms with Crippen molar-refractivity contribution in [1.29, 1.82) is 0 Å². The summed E-state index contributed by atoms with van der Waals surface area (Å²) in [5.74, 6) is 0.632. The van der Waals surface area contributed by atoms with Crippen molar-refractivity contribution in [2.45, 2.75) is 4.90 Å². The van der Waals surface area contributed by atoms with Crippen LogP contribution in [0.15, 0.2) is 83.8 Å². The minimum atomic E-state index is -3.78. The van der Waals surface area contributed by atoms with Crippen molar-refractivity contribution in [3.05, 3.63) is 84.4 Å². The van der Waals surface area contributed by atoms with Gasteiger partial charge in [-0.15, -0.1) is 10.2 Å². The number of hydrogen-bond donors (Lipinski definition) is 1. The highest BCUT2D eigenvalue weighted by Gasteiger charge is 2.23. The van der Waals surface area contributed by atoms with E-state index in [1.165, 1.54) is 29.7 Å². The van der Waals surface area contributed by atoms with Crippen LogP contribution in [0.2, 0.25) is 0 Å². The first kappa shape index (κ1) is 22.0. The maximum atomic E-state index is 12.8. The summed E-state index contributed by atoms with van der Waals surface area (Å²) < 4.78 is 22.8. The van der Waals surface area contributed by atoms with Crippen molar-refractivity contribution in [2.75, 3.05) is 31.1 Å². The molecule has 0 unspecified atom stereocenters. The molecule has 3 aromatic carbocycles. The van der Waals surface area contributed by atoms with Crippen molar-refractivity contribution in [2.24, 2.45) is 5.14 Å². The van der Waals surface area contributed by atoms with Crippen LogP contribution < -0.4 is 10.0 Å². The third kappa shape index (κ3) is 4.48. The maximum absolute atomic E-state index is 12.8. The van der Waals surface area contributed by atoms with E-state index in [1.54, 1.807) is 4.90 Å². The van der Waals surface area contributed by atoms with Crippen molar-refractivity contribution in [1.82, 2.24) is 15.1 Å². The van der Waals surface area contributed by atoms with E-state index in [2.05, 4.69) is 39.4 Å². The number of amides is 1. The lowest BCUT2D eigenvalue weighted by Crippen LogP contribution is -2.49. The van der Waals surface area contributed by atoms with Crippen LogP contribution in [0, 0.1) is 0 Å². The zero-order chi connectivity index (χ0) is 23.7. The number of aromatic nitrogens is 2. The summed E-state index contributed by atoms with van der Waals surface area (Å²) in [7, 11) is -3.78. The third-order valence-corrected chi connectivity index (χ3v) is 6.95. The molecule has 2 N–H and O–H groups in total. The fourth-order valence-corrected chi connectivity index (χ4v) is 4.62. The van der Waals surface area contributed by atoms with E-state index in [0.29, 0.717) is 31.7 Å². The molecule has 0 radical (unpaired) electrons. The molecule has 9 heteroatoms. The molecule has 0 bridgehead atoms. The summed E-state index contributed by atoms with van der Waals surface area (Å²) in [4.78, 5) is 16.6. The molecule has 0 atom stereocenters. The number of rotatable bonds is 4. The molecular formula is C25H23N5O3S. The summed E-state index contributed by atoms with van der Waals surface area (Å²) >= 11 is 0. The smallest absolute Gasteiger partial charge is 0.253 e. The molecule has 1 aliphatic heterocycles. The Morgan fingerprint density at radius 1 is 0.794 bits per heavy atom. The molecule has 1 fully saturated rings. The van der Waals surface area contributed by atoms with E-state index in [0.717, 1.165) is 22.5 Å². The number of piperazine rings is 1. The van der Waals surface area contributed by atoms with Crippen molar-refractivity contribution >= 4 is 32.5 Å². The number of fused-ring (bicyclic) bond motifs is 1. The Kier molecular flexibility index (Phi) is 5.72. The van der Waals surface area contributed by atoms with Crippen LogP contribution in [0.4, 0.5) is 5.82 Å². The Labute approximate surface area is 197 Å². The van der Waals surface area contributed by atoms with Gasteiger partial charge in [0.1, 0.15) is 0 Å². The number of carbonyl (C=O) groups excluding carboxylic acids is 1. The Bertz CT molecular complexity index is 1450. The van der Waals surface area contributed by atoms with Gasteiger partial charge in [0.2, 0.25) is 10.0 Å². The highest BCUT2D eigenvalue weighted by Crippen LogP contribution is 2.24. The van der Waals surface area contributed by atoms with Crippen LogP contribution in [-0.2, 0) is 10.0 Å². The Morgan fingerprint density at radius 3 is 2.15 bits per heavy atom. The number of sulfonamides is 1. The van der Waals surface area contributed by atoms with E-state index >= 15 is 0 Å². The van der Waals surface area contributed by atoms with Crippen LogP contribution in [0.1, 0.15) is 10.4 Å². The van der Waals surface area contributed by atoms with Crippen LogP contribution in [0.5, 0.6) is 0 Å². The molecule has 2 heterocycles. The van der Waals surface area contributed by atoms with E-state index < -0.39 is 10.0 Å². The summed E-state index contributed by atoms with van der Waals surface area (Å²) in [5.41, 5.74) is 2.26. The van der Waals surface area contributed by atoms with Gasteiger partial charge in [-0.3, -0.25) is 4.79 Å². The predicted molar refractivity (Wildman–Crippen MR) is 131 cm³/mol. The normalized spacial score (nSPS) is 14.4. The Balaban J connectivity index is 1.23. The van der Waals surface area contributed by atoms with E-state index in [4.69, 9.17) is 5.14 Å². The fourth-order valence-electron chi connectivity index (χ4n) is 4.10. The highest BCUT2D eigenvalue weighted by molar-refractivity contribution is 7.89. The second-order valence-electron chi connectivity index (χ2n) is 8.19. The minimum absolute atomic E-state index is 0.0143. The van der Waals surface area contributed by atoms with Crippen LogP contribution in [0.3, 0.4) is 0 Å². The quantitative estimate of drug-likeness (QED) is 0.488. The molecule has 4 aromatic rings. The largest absolute Gasteiger partial charge is 0.352 e. The number of benzene rings is 3. The highest BCUT2D eigenvalue weighted by atomic mass is 32.2. The molecule has 1 amide bonds. The standard InChI is InChI=1S/C25H23N5O3S/c26-34(32,33)22-9-7-19(8-10-22)25(31)30-15-13-29(14-16-30)24-12-11-23(27-28-24)21-6-5-18-3-1-2-4-20(18)17-21/h1-12,17H,13-16H2,(H2,26,32,33). The second-order valence-corrected chi connectivity index (χ2v) is 9.75. The zero-order valence-corrected chi connectivity index (χ0v) is 19.1. The molecule has 8 nitrogen and oxygen atoms in total. The Morgan fingerprint density at radius 2 is 1.50 bits per heavy atom. The molecule has 172 valence electrons. The molecule has 1 aliphatic rings. The predicted octanol–water partition coefficient (Wildman–Crippen LogP) is 2.91. The van der Waals surface area contributed by atoms with E-state index in [1.807, 2.05) is 30.3 Å². The zero-order valence-electron chi connectivity index (χ0n) is 18.3. The SMILES string of the molecule is NS(=O)(=O)c1ccc(C(=O)N2CCN(c3ccc(-c4ccc5ccccc5c4)nn3)CC2)cc1. The van der Waals surface area contributed by atoms with Gasteiger partial charge < -0.3 is 9.80 Å².